The highest BCUT2D eigenvalue weighted by Crippen LogP contribution is 2.19. The van der Waals surface area contributed by atoms with Crippen molar-refractivity contribution in [3.63, 3.8) is 0 Å². The standard InChI is InChI=1S/C14H20ClNO2/c1-4-13(14(17)16(5-2)6-3)18-12-9-7-8-11(15)10-12/h7-10,13H,4-6H2,1-3H3/t13-/m1/s1. The molecule has 1 aromatic carbocycles. The summed E-state index contributed by atoms with van der Waals surface area (Å²) in [5, 5.41) is 0.609. The van der Waals surface area contributed by atoms with Gasteiger partial charge in [-0.1, -0.05) is 24.6 Å². The predicted octanol–water partition coefficient (Wildman–Crippen LogP) is 3.37. The number of likely N-dealkylation sites (N-methyl/N-ethyl adjacent to an activating group) is 1. The van der Waals surface area contributed by atoms with E-state index in [9.17, 15) is 4.79 Å². The first-order chi connectivity index (χ1) is 8.62. The van der Waals surface area contributed by atoms with Crippen molar-refractivity contribution in [2.45, 2.75) is 33.3 Å². The van der Waals surface area contributed by atoms with Crippen LogP contribution in [0.25, 0.3) is 0 Å². The van der Waals surface area contributed by atoms with Crippen LogP contribution in [-0.2, 0) is 4.79 Å². The van der Waals surface area contributed by atoms with Gasteiger partial charge in [0.1, 0.15) is 5.75 Å². The first-order valence-corrected chi connectivity index (χ1v) is 6.71. The average Bonchev–Trinajstić information content (AvgIpc) is 2.37. The molecule has 1 aromatic rings. The zero-order valence-electron chi connectivity index (χ0n) is 11.1. The van der Waals surface area contributed by atoms with Gasteiger partial charge in [0.25, 0.3) is 5.91 Å². The van der Waals surface area contributed by atoms with E-state index in [1.54, 1.807) is 17.0 Å². The lowest BCUT2D eigenvalue weighted by molar-refractivity contribution is -0.138. The molecule has 18 heavy (non-hydrogen) atoms. The molecular weight excluding hydrogens is 250 g/mol. The minimum Gasteiger partial charge on any atom is -0.481 e. The molecule has 1 amide bonds. The lowest BCUT2D eigenvalue weighted by Gasteiger charge is -2.25. The summed E-state index contributed by atoms with van der Waals surface area (Å²) >= 11 is 5.89. The first kappa shape index (κ1) is 14.8. The molecule has 0 radical (unpaired) electrons. The molecule has 3 nitrogen and oxygen atoms in total. The van der Waals surface area contributed by atoms with E-state index in [1.807, 2.05) is 32.9 Å². The number of hydrogen-bond acceptors (Lipinski definition) is 2. The Hall–Kier alpha value is -1.22. The summed E-state index contributed by atoms with van der Waals surface area (Å²) in [6.07, 6.45) is 0.199. The number of carbonyl (C=O) groups excluding carboxylic acids is 1. The van der Waals surface area contributed by atoms with Crippen LogP contribution in [0.2, 0.25) is 5.02 Å². The summed E-state index contributed by atoms with van der Waals surface area (Å²) < 4.78 is 5.72. The van der Waals surface area contributed by atoms with Gasteiger partial charge in [-0.3, -0.25) is 4.79 Å². The molecule has 0 aliphatic carbocycles. The van der Waals surface area contributed by atoms with Crippen LogP contribution in [0, 0.1) is 0 Å². The molecule has 1 atom stereocenters. The number of halogens is 1. The Morgan fingerprint density at radius 2 is 2.00 bits per heavy atom. The summed E-state index contributed by atoms with van der Waals surface area (Å²) in [6.45, 7) is 7.27. The van der Waals surface area contributed by atoms with E-state index in [0.29, 0.717) is 30.3 Å². The second kappa shape index (κ2) is 7.27. The maximum Gasteiger partial charge on any atom is 0.263 e. The van der Waals surface area contributed by atoms with E-state index in [2.05, 4.69) is 0 Å². The summed E-state index contributed by atoms with van der Waals surface area (Å²) in [4.78, 5) is 14.0. The van der Waals surface area contributed by atoms with Crippen LogP contribution in [0.1, 0.15) is 27.2 Å². The van der Waals surface area contributed by atoms with E-state index in [1.165, 1.54) is 0 Å². The largest absolute Gasteiger partial charge is 0.481 e. The molecule has 0 spiro atoms. The molecule has 100 valence electrons. The first-order valence-electron chi connectivity index (χ1n) is 6.33. The lowest BCUT2D eigenvalue weighted by Crippen LogP contribution is -2.41. The molecule has 0 aromatic heterocycles. The Morgan fingerprint density at radius 1 is 1.33 bits per heavy atom. The Morgan fingerprint density at radius 3 is 2.50 bits per heavy atom. The smallest absolute Gasteiger partial charge is 0.263 e. The third kappa shape index (κ3) is 3.91. The summed E-state index contributed by atoms with van der Waals surface area (Å²) in [7, 11) is 0. The maximum atomic E-state index is 12.2. The highest BCUT2D eigenvalue weighted by atomic mass is 35.5. The number of hydrogen-bond donors (Lipinski definition) is 0. The highest BCUT2D eigenvalue weighted by Gasteiger charge is 2.22. The molecule has 0 saturated carbocycles. The summed E-state index contributed by atoms with van der Waals surface area (Å²) in [5.41, 5.74) is 0. The van der Waals surface area contributed by atoms with E-state index in [4.69, 9.17) is 16.3 Å². The van der Waals surface area contributed by atoms with Gasteiger partial charge in [0.15, 0.2) is 6.10 Å². The van der Waals surface area contributed by atoms with Gasteiger partial charge in [-0.05, 0) is 38.5 Å². The number of ether oxygens (including phenoxy) is 1. The van der Waals surface area contributed by atoms with Gasteiger partial charge in [-0.25, -0.2) is 0 Å². The summed E-state index contributed by atoms with van der Waals surface area (Å²) in [6, 6.07) is 7.12. The van der Waals surface area contributed by atoms with Gasteiger partial charge in [0, 0.05) is 18.1 Å². The van der Waals surface area contributed by atoms with Crippen molar-refractivity contribution in [3.8, 4) is 5.75 Å². The fourth-order valence-corrected chi connectivity index (χ4v) is 1.93. The molecule has 0 bridgehead atoms. The molecule has 0 aliphatic heterocycles. The third-order valence-electron chi connectivity index (χ3n) is 2.80. The highest BCUT2D eigenvalue weighted by molar-refractivity contribution is 6.30. The van der Waals surface area contributed by atoms with Crippen molar-refractivity contribution in [2.75, 3.05) is 13.1 Å². The monoisotopic (exact) mass is 269 g/mol. The molecule has 0 heterocycles. The zero-order chi connectivity index (χ0) is 13.5. The van der Waals surface area contributed by atoms with Crippen LogP contribution < -0.4 is 4.74 Å². The normalized spacial score (nSPS) is 12.0. The number of rotatable bonds is 6. The van der Waals surface area contributed by atoms with Crippen LogP contribution in [0.15, 0.2) is 24.3 Å². The lowest BCUT2D eigenvalue weighted by atomic mass is 10.2. The fourth-order valence-electron chi connectivity index (χ4n) is 1.75. The maximum absolute atomic E-state index is 12.2. The minimum atomic E-state index is -0.441. The van der Waals surface area contributed by atoms with Gasteiger partial charge in [-0.15, -0.1) is 0 Å². The number of amides is 1. The van der Waals surface area contributed by atoms with Crippen molar-refractivity contribution in [3.05, 3.63) is 29.3 Å². The SMILES string of the molecule is CC[C@@H](Oc1cccc(Cl)c1)C(=O)N(CC)CC. The number of nitrogens with zero attached hydrogens (tertiary/aromatic N) is 1. The predicted molar refractivity (Wildman–Crippen MR) is 74.1 cm³/mol. The van der Waals surface area contributed by atoms with Crippen LogP contribution >= 0.6 is 11.6 Å². The number of benzene rings is 1. The molecular formula is C14H20ClNO2. The van der Waals surface area contributed by atoms with Gasteiger partial charge < -0.3 is 9.64 Å². The second-order valence-electron chi connectivity index (χ2n) is 3.98. The molecule has 0 unspecified atom stereocenters. The average molecular weight is 270 g/mol. The molecule has 1 rings (SSSR count). The Labute approximate surface area is 114 Å². The minimum absolute atomic E-state index is 0.0301. The van der Waals surface area contributed by atoms with E-state index < -0.39 is 6.10 Å². The van der Waals surface area contributed by atoms with Gasteiger partial charge >= 0.3 is 0 Å². The number of carbonyl (C=O) groups is 1. The van der Waals surface area contributed by atoms with Crippen LogP contribution in [0.3, 0.4) is 0 Å². The van der Waals surface area contributed by atoms with Crippen molar-refractivity contribution in [1.82, 2.24) is 4.90 Å². The van der Waals surface area contributed by atoms with Crippen LogP contribution in [-0.4, -0.2) is 30.0 Å². The van der Waals surface area contributed by atoms with Crippen molar-refractivity contribution >= 4 is 17.5 Å². The Kier molecular flexibility index (Phi) is 5.99. The molecule has 4 heteroatoms. The summed E-state index contributed by atoms with van der Waals surface area (Å²) in [5.74, 6) is 0.664. The van der Waals surface area contributed by atoms with Gasteiger partial charge in [-0.2, -0.15) is 0 Å². The van der Waals surface area contributed by atoms with Crippen molar-refractivity contribution in [1.29, 1.82) is 0 Å². The quantitative estimate of drug-likeness (QED) is 0.792. The topological polar surface area (TPSA) is 29.5 Å². The van der Waals surface area contributed by atoms with Crippen molar-refractivity contribution < 1.29 is 9.53 Å². The van der Waals surface area contributed by atoms with Gasteiger partial charge in [0.2, 0.25) is 0 Å². The van der Waals surface area contributed by atoms with Crippen LogP contribution in [0.4, 0.5) is 0 Å². The fraction of sp³-hybridized carbons (Fsp3) is 0.500. The van der Waals surface area contributed by atoms with Crippen LogP contribution in [0.5, 0.6) is 5.75 Å². The van der Waals surface area contributed by atoms with Gasteiger partial charge in [0.05, 0.1) is 0 Å². The Balaban J connectivity index is 2.75. The second-order valence-corrected chi connectivity index (χ2v) is 4.42. The molecule has 0 aliphatic rings. The Bertz CT molecular complexity index is 391. The molecule has 0 saturated heterocycles. The van der Waals surface area contributed by atoms with E-state index in [0.717, 1.165) is 0 Å². The van der Waals surface area contributed by atoms with E-state index in [-0.39, 0.29) is 5.91 Å². The van der Waals surface area contributed by atoms with Crippen molar-refractivity contribution in [2.24, 2.45) is 0 Å². The third-order valence-corrected chi connectivity index (χ3v) is 3.03. The molecule has 0 fully saturated rings. The molecule has 0 N–H and O–H groups in total. The zero-order valence-corrected chi connectivity index (χ0v) is 11.9. The van der Waals surface area contributed by atoms with E-state index >= 15 is 0 Å².